The fourth-order valence-corrected chi connectivity index (χ4v) is 1.89. The molecule has 4 heteroatoms. The second-order valence-corrected chi connectivity index (χ2v) is 4.33. The lowest BCUT2D eigenvalue weighted by atomic mass is 10.2. The van der Waals surface area contributed by atoms with Crippen molar-refractivity contribution >= 4 is 5.82 Å². The third-order valence-corrected chi connectivity index (χ3v) is 2.64. The lowest BCUT2D eigenvalue weighted by Crippen LogP contribution is -2.17. The molecular weight excluding hydrogens is 226 g/mol. The third-order valence-electron chi connectivity index (χ3n) is 2.64. The van der Waals surface area contributed by atoms with E-state index in [0.29, 0.717) is 0 Å². The van der Waals surface area contributed by atoms with Crippen LogP contribution in [0.4, 0.5) is 5.82 Å². The monoisotopic (exact) mass is 245 g/mol. The molecule has 18 heavy (non-hydrogen) atoms. The van der Waals surface area contributed by atoms with Gasteiger partial charge in [0.15, 0.2) is 0 Å². The van der Waals surface area contributed by atoms with Crippen LogP contribution in [0.15, 0.2) is 41.1 Å². The van der Waals surface area contributed by atoms with E-state index in [1.807, 2.05) is 24.4 Å². The van der Waals surface area contributed by atoms with Gasteiger partial charge < -0.3 is 9.73 Å². The Bertz CT molecular complexity index is 468. The van der Waals surface area contributed by atoms with Crippen LogP contribution in [-0.4, -0.2) is 23.5 Å². The Morgan fingerprint density at radius 3 is 2.94 bits per heavy atom. The van der Waals surface area contributed by atoms with Crippen molar-refractivity contribution in [2.24, 2.45) is 0 Å². The molecule has 0 saturated carbocycles. The molecule has 2 aromatic rings. The zero-order chi connectivity index (χ0) is 12.8. The molecule has 4 nitrogen and oxygen atoms in total. The molecule has 1 N–H and O–H groups in total. The van der Waals surface area contributed by atoms with E-state index in [1.54, 1.807) is 6.26 Å². The summed E-state index contributed by atoms with van der Waals surface area (Å²) < 4.78 is 5.34. The van der Waals surface area contributed by atoms with E-state index in [2.05, 4.69) is 35.2 Å². The van der Waals surface area contributed by atoms with E-state index in [0.717, 1.165) is 31.2 Å². The highest BCUT2D eigenvalue weighted by Gasteiger charge is 2.04. The van der Waals surface area contributed by atoms with Crippen LogP contribution >= 0.6 is 0 Å². The van der Waals surface area contributed by atoms with Crippen molar-refractivity contribution in [3.63, 3.8) is 0 Å². The lowest BCUT2D eigenvalue weighted by molar-refractivity contribution is 0.288. The Morgan fingerprint density at radius 1 is 1.33 bits per heavy atom. The molecule has 0 bridgehead atoms. The highest BCUT2D eigenvalue weighted by atomic mass is 16.3. The van der Waals surface area contributed by atoms with Crippen LogP contribution in [0.3, 0.4) is 0 Å². The molecule has 0 spiro atoms. The molecule has 0 radical (unpaired) electrons. The Hall–Kier alpha value is -1.81. The number of pyridine rings is 1. The van der Waals surface area contributed by atoms with Gasteiger partial charge in [0.05, 0.1) is 12.8 Å². The maximum atomic E-state index is 5.34. The van der Waals surface area contributed by atoms with E-state index in [4.69, 9.17) is 4.42 Å². The molecule has 0 fully saturated rings. The van der Waals surface area contributed by atoms with E-state index in [-0.39, 0.29) is 0 Å². The molecule has 0 saturated heterocycles. The van der Waals surface area contributed by atoms with E-state index in [9.17, 15) is 0 Å². The number of furan rings is 1. The Kier molecular flexibility index (Phi) is 4.36. The topological polar surface area (TPSA) is 41.3 Å². The van der Waals surface area contributed by atoms with Crippen molar-refractivity contribution < 1.29 is 4.42 Å². The van der Waals surface area contributed by atoms with Gasteiger partial charge in [-0.05, 0) is 43.8 Å². The van der Waals surface area contributed by atoms with Crippen molar-refractivity contribution in [1.29, 1.82) is 0 Å². The average Bonchev–Trinajstić information content (AvgIpc) is 2.82. The van der Waals surface area contributed by atoms with Gasteiger partial charge in [-0.1, -0.05) is 0 Å². The predicted octanol–water partition coefficient (Wildman–Crippen LogP) is 2.74. The molecule has 0 amide bonds. The van der Waals surface area contributed by atoms with Crippen LogP contribution < -0.4 is 5.32 Å². The van der Waals surface area contributed by atoms with Crippen LogP contribution in [0, 0.1) is 0 Å². The average molecular weight is 245 g/mol. The lowest BCUT2D eigenvalue weighted by Gasteiger charge is -2.15. The summed E-state index contributed by atoms with van der Waals surface area (Å²) in [5, 5.41) is 3.22. The largest absolute Gasteiger partial charge is 0.468 e. The fraction of sp³-hybridized carbons (Fsp3) is 0.357. The van der Waals surface area contributed by atoms with Crippen molar-refractivity contribution in [3.8, 4) is 0 Å². The van der Waals surface area contributed by atoms with Gasteiger partial charge in [0, 0.05) is 19.3 Å². The van der Waals surface area contributed by atoms with Crippen molar-refractivity contribution in [2.75, 3.05) is 18.9 Å². The number of nitrogens with zero attached hydrogens (tertiary/aromatic N) is 2. The molecule has 2 aromatic heterocycles. The minimum Gasteiger partial charge on any atom is -0.468 e. The van der Waals surface area contributed by atoms with Crippen LogP contribution in [0.5, 0.6) is 0 Å². The second kappa shape index (κ2) is 6.21. The summed E-state index contributed by atoms with van der Waals surface area (Å²) in [6.07, 6.45) is 3.55. The Morgan fingerprint density at radius 2 is 2.22 bits per heavy atom. The maximum absolute atomic E-state index is 5.34. The number of hydrogen-bond donors (Lipinski definition) is 1. The predicted molar refractivity (Wildman–Crippen MR) is 72.3 cm³/mol. The Labute approximate surface area is 108 Å². The van der Waals surface area contributed by atoms with Gasteiger partial charge >= 0.3 is 0 Å². The Balaban J connectivity index is 1.93. The van der Waals surface area contributed by atoms with E-state index < -0.39 is 0 Å². The molecule has 0 aliphatic carbocycles. The molecule has 96 valence electrons. The summed E-state index contributed by atoms with van der Waals surface area (Å²) >= 11 is 0. The molecule has 0 aliphatic heterocycles. The first-order valence-corrected chi connectivity index (χ1v) is 6.17. The van der Waals surface area contributed by atoms with Crippen molar-refractivity contribution in [1.82, 2.24) is 9.88 Å². The van der Waals surface area contributed by atoms with Crippen molar-refractivity contribution in [2.45, 2.75) is 20.0 Å². The van der Waals surface area contributed by atoms with E-state index >= 15 is 0 Å². The zero-order valence-corrected chi connectivity index (χ0v) is 10.9. The van der Waals surface area contributed by atoms with Gasteiger partial charge in [-0.15, -0.1) is 0 Å². The minimum atomic E-state index is 0.811. The molecule has 0 aliphatic rings. The summed E-state index contributed by atoms with van der Waals surface area (Å²) in [6.45, 7) is 4.64. The summed E-state index contributed by atoms with van der Waals surface area (Å²) in [6, 6.07) is 8.04. The van der Waals surface area contributed by atoms with Crippen LogP contribution in [0.1, 0.15) is 18.2 Å². The first-order chi connectivity index (χ1) is 8.78. The van der Waals surface area contributed by atoms with Crippen LogP contribution in [0.25, 0.3) is 0 Å². The molecule has 2 rings (SSSR count). The summed E-state index contributed by atoms with van der Waals surface area (Å²) in [4.78, 5) is 6.48. The minimum absolute atomic E-state index is 0.811. The SMILES string of the molecule is CCNc1cc(CN(C)Cc2ccco2)ccn1. The first-order valence-electron chi connectivity index (χ1n) is 6.17. The summed E-state index contributed by atoms with van der Waals surface area (Å²) in [5.74, 6) is 1.92. The van der Waals surface area contributed by atoms with Gasteiger partial charge in [-0.2, -0.15) is 0 Å². The maximum Gasteiger partial charge on any atom is 0.126 e. The van der Waals surface area contributed by atoms with Gasteiger partial charge in [0.25, 0.3) is 0 Å². The number of nitrogens with one attached hydrogen (secondary N) is 1. The smallest absolute Gasteiger partial charge is 0.126 e. The highest BCUT2D eigenvalue weighted by molar-refractivity contribution is 5.37. The summed E-state index contributed by atoms with van der Waals surface area (Å²) in [5.41, 5.74) is 1.25. The van der Waals surface area contributed by atoms with Gasteiger partial charge in [0.2, 0.25) is 0 Å². The highest BCUT2D eigenvalue weighted by Crippen LogP contribution is 2.11. The van der Waals surface area contributed by atoms with Crippen molar-refractivity contribution in [3.05, 3.63) is 48.0 Å². The van der Waals surface area contributed by atoms with Gasteiger partial charge in [-0.3, -0.25) is 4.90 Å². The number of rotatable bonds is 6. The molecular formula is C14H19N3O. The number of aromatic nitrogens is 1. The zero-order valence-electron chi connectivity index (χ0n) is 10.9. The molecule has 0 atom stereocenters. The molecule has 0 unspecified atom stereocenters. The second-order valence-electron chi connectivity index (χ2n) is 4.33. The standard InChI is InChI=1S/C14H19N3O/c1-3-15-14-9-12(6-7-16-14)10-17(2)11-13-5-4-8-18-13/h4-9H,3,10-11H2,1-2H3,(H,15,16). The first kappa shape index (κ1) is 12.6. The quantitative estimate of drug-likeness (QED) is 0.849. The van der Waals surface area contributed by atoms with Crippen LogP contribution in [0.2, 0.25) is 0 Å². The van der Waals surface area contributed by atoms with E-state index in [1.165, 1.54) is 5.56 Å². The third kappa shape index (κ3) is 3.60. The normalized spacial score (nSPS) is 10.8. The van der Waals surface area contributed by atoms with Gasteiger partial charge in [0.1, 0.15) is 11.6 Å². The number of hydrogen-bond acceptors (Lipinski definition) is 4. The fourth-order valence-electron chi connectivity index (χ4n) is 1.89. The van der Waals surface area contributed by atoms with Gasteiger partial charge in [-0.25, -0.2) is 4.98 Å². The molecule has 2 heterocycles. The summed E-state index contributed by atoms with van der Waals surface area (Å²) in [7, 11) is 2.08. The number of anilines is 1. The van der Waals surface area contributed by atoms with Crippen LogP contribution in [-0.2, 0) is 13.1 Å². The molecule has 0 aromatic carbocycles.